The van der Waals surface area contributed by atoms with Crippen LogP contribution >= 0.6 is 0 Å². The van der Waals surface area contributed by atoms with Crippen LogP contribution in [0.25, 0.3) is 0 Å². The highest BCUT2D eigenvalue weighted by Crippen LogP contribution is 1.90. The number of nitrogens with two attached hydrogens (primary N) is 4. The molecular formula is C5H16N4O. The van der Waals surface area contributed by atoms with Gasteiger partial charge in [0.1, 0.15) is 0 Å². The topological polar surface area (TPSA) is 124 Å². The fourth-order valence-corrected chi connectivity index (χ4v) is 0.600. The summed E-state index contributed by atoms with van der Waals surface area (Å²) in [5, 5.41) is 9.04. The molecule has 0 radical (unpaired) electrons. The molecule has 0 bridgehead atoms. The zero-order chi connectivity index (χ0) is 8.15. The van der Waals surface area contributed by atoms with Gasteiger partial charge in [-0.05, 0) is 0 Å². The number of hydrogen-bond acceptors (Lipinski definition) is 5. The van der Waals surface area contributed by atoms with Crippen molar-refractivity contribution < 1.29 is 5.11 Å². The molecular weight excluding hydrogens is 132 g/mol. The molecule has 5 nitrogen and oxygen atoms in total. The van der Waals surface area contributed by atoms with E-state index < -0.39 is 12.1 Å². The summed E-state index contributed by atoms with van der Waals surface area (Å²) < 4.78 is 0. The third kappa shape index (κ3) is 2.59. The standard InChI is InChI=1S/C5H16N4O/c6-1-3(8)5(9)4(10)2-7/h3-5,10H,1-2,6-9H2. The Morgan fingerprint density at radius 2 is 1.60 bits per heavy atom. The van der Waals surface area contributed by atoms with Crippen LogP contribution in [-0.4, -0.2) is 36.4 Å². The first kappa shape index (κ1) is 9.80. The molecule has 10 heavy (non-hydrogen) atoms. The summed E-state index contributed by atoms with van der Waals surface area (Å²) in [6, 6.07) is -0.895. The maximum atomic E-state index is 9.04. The van der Waals surface area contributed by atoms with Crippen molar-refractivity contribution in [3.05, 3.63) is 0 Å². The lowest BCUT2D eigenvalue weighted by Gasteiger charge is -2.22. The van der Waals surface area contributed by atoms with Crippen LogP contribution in [0, 0.1) is 0 Å². The molecule has 0 rings (SSSR count). The molecule has 3 atom stereocenters. The highest BCUT2D eigenvalue weighted by Gasteiger charge is 2.18. The quantitative estimate of drug-likeness (QED) is 0.289. The minimum atomic E-state index is -0.751. The SMILES string of the molecule is NCC(N)C(N)C(O)CN. The van der Waals surface area contributed by atoms with Crippen molar-refractivity contribution in [2.75, 3.05) is 13.1 Å². The molecule has 9 N–H and O–H groups in total. The first-order valence-electron chi connectivity index (χ1n) is 3.22. The number of hydrogen-bond donors (Lipinski definition) is 5. The Morgan fingerprint density at radius 1 is 1.10 bits per heavy atom. The summed E-state index contributed by atoms with van der Waals surface area (Å²) >= 11 is 0. The zero-order valence-corrected chi connectivity index (χ0v) is 5.90. The molecule has 5 heteroatoms. The summed E-state index contributed by atoms with van der Waals surface area (Å²) in [4.78, 5) is 0. The molecule has 0 saturated heterocycles. The van der Waals surface area contributed by atoms with E-state index in [-0.39, 0.29) is 19.1 Å². The Bertz CT molecular complexity index is 79.7. The molecule has 0 fully saturated rings. The molecule has 0 aliphatic carbocycles. The monoisotopic (exact) mass is 148 g/mol. The van der Waals surface area contributed by atoms with Crippen LogP contribution in [0.4, 0.5) is 0 Å². The second kappa shape index (κ2) is 4.59. The average molecular weight is 148 g/mol. The second-order valence-electron chi connectivity index (χ2n) is 2.28. The second-order valence-corrected chi connectivity index (χ2v) is 2.28. The van der Waals surface area contributed by atoms with E-state index in [2.05, 4.69) is 0 Å². The van der Waals surface area contributed by atoms with Gasteiger partial charge in [0.15, 0.2) is 0 Å². The molecule has 0 aliphatic rings. The highest BCUT2D eigenvalue weighted by molar-refractivity contribution is 4.83. The van der Waals surface area contributed by atoms with Crippen molar-refractivity contribution in [1.82, 2.24) is 0 Å². The summed E-state index contributed by atoms with van der Waals surface area (Å²) in [7, 11) is 0. The van der Waals surface area contributed by atoms with Gasteiger partial charge in [0.2, 0.25) is 0 Å². The molecule has 0 aromatic heterocycles. The van der Waals surface area contributed by atoms with E-state index in [0.717, 1.165) is 0 Å². The molecule has 0 aromatic carbocycles. The van der Waals surface area contributed by atoms with Crippen LogP contribution in [-0.2, 0) is 0 Å². The lowest BCUT2D eigenvalue weighted by Crippen LogP contribution is -2.54. The smallest absolute Gasteiger partial charge is 0.0828 e. The van der Waals surface area contributed by atoms with Gasteiger partial charge in [0.25, 0.3) is 0 Å². The lowest BCUT2D eigenvalue weighted by atomic mass is 10.0. The third-order valence-electron chi connectivity index (χ3n) is 1.45. The van der Waals surface area contributed by atoms with Crippen LogP contribution < -0.4 is 22.9 Å². The first-order chi connectivity index (χ1) is 4.63. The predicted molar refractivity (Wildman–Crippen MR) is 40.1 cm³/mol. The van der Waals surface area contributed by atoms with E-state index in [1.165, 1.54) is 0 Å². The van der Waals surface area contributed by atoms with E-state index in [0.29, 0.717) is 0 Å². The Morgan fingerprint density at radius 3 is 1.90 bits per heavy atom. The maximum absolute atomic E-state index is 9.04. The first-order valence-corrected chi connectivity index (χ1v) is 3.22. The van der Waals surface area contributed by atoms with E-state index >= 15 is 0 Å². The fraction of sp³-hybridized carbons (Fsp3) is 1.00. The van der Waals surface area contributed by atoms with Gasteiger partial charge < -0.3 is 28.0 Å². The molecule has 0 aliphatic heterocycles. The van der Waals surface area contributed by atoms with Gasteiger partial charge in [-0.15, -0.1) is 0 Å². The van der Waals surface area contributed by atoms with E-state index in [1.54, 1.807) is 0 Å². The maximum Gasteiger partial charge on any atom is 0.0828 e. The van der Waals surface area contributed by atoms with Gasteiger partial charge in [-0.25, -0.2) is 0 Å². The van der Waals surface area contributed by atoms with Gasteiger partial charge in [0.05, 0.1) is 6.10 Å². The molecule has 0 aromatic rings. The molecule has 62 valence electrons. The van der Waals surface area contributed by atoms with E-state index in [4.69, 9.17) is 28.0 Å². The van der Waals surface area contributed by atoms with Gasteiger partial charge in [-0.1, -0.05) is 0 Å². The Kier molecular flexibility index (Phi) is 4.50. The minimum Gasteiger partial charge on any atom is -0.390 e. The molecule has 0 saturated carbocycles. The van der Waals surface area contributed by atoms with Crippen LogP contribution in [0.2, 0.25) is 0 Å². The summed E-state index contributed by atoms with van der Waals surface area (Å²) in [6.45, 7) is 0.382. The van der Waals surface area contributed by atoms with Crippen LogP contribution in [0.5, 0.6) is 0 Å². The average Bonchev–Trinajstić information content (AvgIpc) is 2.00. The van der Waals surface area contributed by atoms with Gasteiger partial charge in [-0.3, -0.25) is 0 Å². The third-order valence-corrected chi connectivity index (χ3v) is 1.45. The van der Waals surface area contributed by atoms with Crippen molar-refractivity contribution in [1.29, 1.82) is 0 Å². The Hall–Kier alpha value is -0.200. The summed E-state index contributed by atoms with van der Waals surface area (Å²) in [5.74, 6) is 0. The van der Waals surface area contributed by atoms with E-state index in [9.17, 15) is 0 Å². The van der Waals surface area contributed by atoms with Crippen molar-refractivity contribution in [3.8, 4) is 0 Å². The summed E-state index contributed by atoms with van der Waals surface area (Å²) in [6.07, 6.45) is -0.751. The normalized spacial score (nSPS) is 20.1. The molecule has 0 amide bonds. The van der Waals surface area contributed by atoms with Crippen molar-refractivity contribution >= 4 is 0 Å². The minimum absolute atomic E-state index is 0.120. The van der Waals surface area contributed by atoms with Crippen molar-refractivity contribution in [2.24, 2.45) is 22.9 Å². The van der Waals surface area contributed by atoms with E-state index in [1.807, 2.05) is 0 Å². The van der Waals surface area contributed by atoms with Gasteiger partial charge in [0, 0.05) is 25.2 Å². The lowest BCUT2D eigenvalue weighted by molar-refractivity contribution is 0.141. The fourth-order valence-electron chi connectivity index (χ4n) is 0.600. The highest BCUT2D eigenvalue weighted by atomic mass is 16.3. The van der Waals surface area contributed by atoms with Gasteiger partial charge >= 0.3 is 0 Å². The molecule has 0 spiro atoms. The van der Waals surface area contributed by atoms with Crippen molar-refractivity contribution in [2.45, 2.75) is 18.2 Å². The number of rotatable bonds is 4. The van der Waals surface area contributed by atoms with Crippen molar-refractivity contribution in [3.63, 3.8) is 0 Å². The molecule has 3 unspecified atom stereocenters. The number of aliphatic hydroxyl groups is 1. The number of aliphatic hydroxyl groups excluding tert-OH is 1. The van der Waals surface area contributed by atoms with Crippen LogP contribution in [0.3, 0.4) is 0 Å². The largest absolute Gasteiger partial charge is 0.390 e. The van der Waals surface area contributed by atoms with Crippen LogP contribution in [0.1, 0.15) is 0 Å². The summed E-state index contributed by atoms with van der Waals surface area (Å²) in [5.41, 5.74) is 21.2. The molecule has 0 heterocycles. The van der Waals surface area contributed by atoms with Gasteiger partial charge in [-0.2, -0.15) is 0 Å². The van der Waals surface area contributed by atoms with Crippen LogP contribution in [0.15, 0.2) is 0 Å². The Balaban J connectivity index is 3.69. The zero-order valence-electron chi connectivity index (χ0n) is 5.90. The predicted octanol–water partition coefficient (Wildman–Crippen LogP) is -3.08. The Labute approximate surface area is 60.4 Å².